The number of hydrogen-bond donors (Lipinski definition) is 2. The molecule has 1 fully saturated rings. The lowest BCUT2D eigenvalue weighted by Gasteiger charge is -2.35. The summed E-state index contributed by atoms with van der Waals surface area (Å²) in [5, 5.41) is 14.2. The largest absolute Gasteiger partial charge is 0.388 e. The van der Waals surface area contributed by atoms with Gasteiger partial charge in [0.15, 0.2) is 0 Å². The summed E-state index contributed by atoms with van der Waals surface area (Å²) in [5.41, 5.74) is 0.257. The molecule has 2 rings (SSSR count). The number of nitrogens with zero attached hydrogens (tertiary/aromatic N) is 1. The molecule has 94 valence electrons. The summed E-state index contributed by atoms with van der Waals surface area (Å²) in [7, 11) is 0. The highest BCUT2D eigenvalue weighted by molar-refractivity contribution is 6.33. The molecule has 17 heavy (non-hydrogen) atoms. The number of nitrogens with one attached hydrogen (secondary N) is 1. The Hall–Kier alpha value is -0.800. The highest BCUT2D eigenvalue weighted by Gasteiger charge is 2.31. The van der Waals surface area contributed by atoms with Crippen molar-refractivity contribution in [3.05, 3.63) is 23.5 Å². The molecule has 0 aliphatic heterocycles. The van der Waals surface area contributed by atoms with Gasteiger partial charge in [0.1, 0.15) is 0 Å². The monoisotopic (exact) mass is 254 g/mol. The van der Waals surface area contributed by atoms with E-state index in [0.717, 1.165) is 37.3 Å². The van der Waals surface area contributed by atoms with E-state index in [1.807, 2.05) is 6.07 Å². The summed E-state index contributed by atoms with van der Waals surface area (Å²) in [6.07, 6.45) is 7.23. The third kappa shape index (κ3) is 3.33. The number of halogens is 1. The number of rotatable bonds is 3. The first kappa shape index (κ1) is 12.7. The van der Waals surface area contributed by atoms with Crippen LogP contribution in [0.3, 0.4) is 0 Å². The fourth-order valence-corrected chi connectivity index (χ4v) is 2.44. The Labute approximate surface area is 107 Å². The summed E-state index contributed by atoms with van der Waals surface area (Å²) >= 11 is 6.00. The molecule has 1 heterocycles. The van der Waals surface area contributed by atoms with Crippen LogP contribution in [0.1, 0.15) is 32.6 Å². The molecular weight excluding hydrogens is 236 g/mol. The van der Waals surface area contributed by atoms with Crippen LogP contribution in [0.2, 0.25) is 5.02 Å². The van der Waals surface area contributed by atoms with Gasteiger partial charge in [0.05, 0.1) is 16.3 Å². The molecule has 0 bridgehead atoms. The highest BCUT2D eigenvalue weighted by Crippen LogP contribution is 2.32. The average Bonchev–Trinajstić information content (AvgIpc) is 2.33. The van der Waals surface area contributed by atoms with Gasteiger partial charge < -0.3 is 10.4 Å². The minimum Gasteiger partial charge on any atom is -0.388 e. The zero-order valence-electron chi connectivity index (χ0n) is 10.1. The first-order valence-electron chi connectivity index (χ1n) is 6.15. The summed E-state index contributed by atoms with van der Waals surface area (Å²) in [6.45, 7) is 2.80. The summed E-state index contributed by atoms with van der Waals surface area (Å²) < 4.78 is 0. The van der Waals surface area contributed by atoms with Crippen LogP contribution in [0.4, 0.5) is 5.69 Å². The van der Waals surface area contributed by atoms with E-state index in [9.17, 15) is 5.11 Å². The number of pyridine rings is 1. The molecule has 0 spiro atoms. The fourth-order valence-electron chi connectivity index (χ4n) is 2.25. The second kappa shape index (κ2) is 5.23. The second-order valence-electron chi connectivity index (χ2n) is 5.12. The maximum Gasteiger partial charge on any atom is 0.0820 e. The van der Waals surface area contributed by atoms with Crippen molar-refractivity contribution in [3.8, 4) is 0 Å². The maximum absolute atomic E-state index is 10.4. The molecule has 1 aromatic rings. The Balaban J connectivity index is 1.92. The molecule has 0 saturated heterocycles. The molecule has 0 atom stereocenters. The maximum atomic E-state index is 10.4. The first-order valence-corrected chi connectivity index (χ1v) is 6.53. The van der Waals surface area contributed by atoms with Crippen molar-refractivity contribution in [2.45, 2.75) is 38.2 Å². The summed E-state index contributed by atoms with van der Waals surface area (Å²) in [6, 6.07) is 1.83. The zero-order chi connectivity index (χ0) is 12.3. The lowest BCUT2D eigenvalue weighted by molar-refractivity contribution is 0.00501. The van der Waals surface area contributed by atoms with E-state index in [0.29, 0.717) is 11.6 Å². The van der Waals surface area contributed by atoms with Crippen molar-refractivity contribution in [2.75, 3.05) is 11.9 Å². The van der Waals surface area contributed by atoms with Gasteiger partial charge in [0.2, 0.25) is 0 Å². The molecule has 0 unspecified atom stereocenters. The van der Waals surface area contributed by atoms with Gasteiger partial charge in [-0.1, -0.05) is 18.5 Å². The molecule has 1 aromatic heterocycles. The Morgan fingerprint density at radius 2 is 2.24 bits per heavy atom. The van der Waals surface area contributed by atoms with Crippen molar-refractivity contribution >= 4 is 17.3 Å². The third-order valence-electron chi connectivity index (χ3n) is 3.59. The normalized spacial score (nSPS) is 29.0. The predicted molar refractivity (Wildman–Crippen MR) is 70.3 cm³/mol. The van der Waals surface area contributed by atoms with Crippen molar-refractivity contribution in [1.82, 2.24) is 4.98 Å². The summed E-state index contributed by atoms with van der Waals surface area (Å²) in [5.74, 6) is 0.736. The molecule has 0 radical (unpaired) electrons. The van der Waals surface area contributed by atoms with Crippen LogP contribution >= 0.6 is 11.6 Å². The molecule has 3 nitrogen and oxygen atoms in total. The van der Waals surface area contributed by atoms with E-state index in [-0.39, 0.29) is 0 Å². The fraction of sp³-hybridized carbons (Fsp3) is 0.615. The molecule has 4 heteroatoms. The van der Waals surface area contributed by atoms with Crippen LogP contribution in [0.25, 0.3) is 0 Å². The van der Waals surface area contributed by atoms with E-state index in [2.05, 4.69) is 17.2 Å². The highest BCUT2D eigenvalue weighted by atomic mass is 35.5. The van der Waals surface area contributed by atoms with E-state index >= 15 is 0 Å². The Morgan fingerprint density at radius 3 is 2.88 bits per heavy atom. The lowest BCUT2D eigenvalue weighted by atomic mass is 9.79. The summed E-state index contributed by atoms with van der Waals surface area (Å²) in [4.78, 5) is 3.93. The van der Waals surface area contributed by atoms with Crippen LogP contribution in [0.5, 0.6) is 0 Å². The van der Waals surface area contributed by atoms with Gasteiger partial charge in [-0.25, -0.2) is 0 Å². The quantitative estimate of drug-likeness (QED) is 0.871. The minimum absolute atomic E-state index is 0.559. The van der Waals surface area contributed by atoms with E-state index in [1.54, 1.807) is 12.4 Å². The molecular formula is C13H19ClN2O. The SMILES string of the molecule is CC1CCC(O)(CNc2ccncc2Cl)CC1. The molecule has 1 aliphatic carbocycles. The van der Waals surface area contributed by atoms with E-state index < -0.39 is 5.60 Å². The molecule has 1 saturated carbocycles. The lowest BCUT2D eigenvalue weighted by Crippen LogP contribution is -2.40. The van der Waals surface area contributed by atoms with Gasteiger partial charge >= 0.3 is 0 Å². The van der Waals surface area contributed by atoms with E-state index in [1.165, 1.54) is 0 Å². The van der Waals surface area contributed by atoms with Gasteiger partial charge in [-0.3, -0.25) is 4.98 Å². The van der Waals surface area contributed by atoms with Gasteiger partial charge in [0, 0.05) is 18.9 Å². The minimum atomic E-state index is -0.584. The number of anilines is 1. The molecule has 0 aromatic carbocycles. The standard InChI is InChI=1S/C13H19ClN2O/c1-10-2-5-13(17,6-3-10)9-16-12-4-7-15-8-11(12)14/h4,7-8,10,17H,2-3,5-6,9H2,1H3,(H,15,16). The number of aliphatic hydroxyl groups is 1. The van der Waals surface area contributed by atoms with Gasteiger partial charge in [-0.05, 0) is 37.7 Å². The molecule has 2 N–H and O–H groups in total. The Morgan fingerprint density at radius 1 is 1.53 bits per heavy atom. The van der Waals surface area contributed by atoms with Gasteiger partial charge in [-0.15, -0.1) is 0 Å². The second-order valence-corrected chi connectivity index (χ2v) is 5.52. The zero-order valence-corrected chi connectivity index (χ0v) is 10.9. The van der Waals surface area contributed by atoms with Crippen LogP contribution in [0, 0.1) is 5.92 Å². The van der Waals surface area contributed by atoms with Crippen molar-refractivity contribution in [3.63, 3.8) is 0 Å². The van der Waals surface area contributed by atoms with Crippen LogP contribution in [-0.2, 0) is 0 Å². The van der Waals surface area contributed by atoms with Crippen LogP contribution in [0.15, 0.2) is 18.5 Å². The number of aromatic nitrogens is 1. The van der Waals surface area contributed by atoms with Crippen molar-refractivity contribution in [1.29, 1.82) is 0 Å². The Bertz CT molecular complexity index is 375. The topological polar surface area (TPSA) is 45.1 Å². The van der Waals surface area contributed by atoms with Crippen LogP contribution < -0.4 is 5.32 Å². The van der Waals surface area contributed by atoms with Gasteiger partial charge in [-0.2, -0.15) is 0 Å². The first-order chi connectivity index (χ1) is 8.09. The molecule has 0 amide bonds. The van der Waals surface area contributed by atoms with E-state index in [4.69, 9.17) is 11.6 Å². The Kier molecular flexibility index (Phi) is 3.89. The van der Waals surface area contributed by atoms with Crippen molar-refractivity contribution < 1.29 is 5.11 Å². The third-order valence-corrected chi connectivity index (χ3v) is 3.89. The number of hydrogen-bond acceptors (Lipinski definition) is 3. The van der Waals surface area contributed by atoms with Gasteiger partial charge in [0.25, 0.3) is 0 Å². The average molecular weight is 255 g/mol. The van der Waals surface area contributed by atoms with Crippen molar-refractivity contribution in [2.24, 2.45) is 5.92 Å². The van der Waals surface area contributed by atoms with Crippen LogP contribution in [-0.4, -0.2) is 22.2 Å². The molecule has 1 aliphatic rings. The predicted octanol–water partition coefficient (Wildman–Crippen LogP) is 3.09. The smallest absolute Gasteiger partial charge is 0.0820 e.